The summed E-state index contributed by atoms with van der Waals surface area (Å²) in [5, 5.41) is 17.2. The van der Waals surface area contributed by atoms with E-state index in [1.54, 1.807) is 6.92 Å². The second kappa shape index (κ2) is 3.47. The normalized spacial score (nSPS) is 27.3. The van der Waals surface area contributed by atoms with Gasteiger partial charge in [0.1, 0.15) is 0 Å². The molecule has 0 fully saturated rings. The molecule has 0 spiro atoms. The Hall–Kier alpha value is -1.52. The van der Waals surface area contributed by atoms with Crippen molar-refractivity contribution in [3.63, 3.8) is 0 Å². The Balaban J connectivity index is 2.85. The molecule has 1 aliphatic rings. The summed E-state index contributed by atoms with van der Waals surface area (Å²) in [5.74, 6) is -3.27. The van der Waals surface area contributed by atoms with Crippen LogP contribution in [0.2, 0.25) is 0 Å². The molecule has 2 unspecified atom stereocenters. The average molecular weight is 186 g/mol. The van der Waals surface area contributed by atoms with E-state index < -0.39 is 17.9 Å². The van der Waals surface area contributed by atoms with Crippen LogP contribution in [-0.4, -0.2) is 28.3 Å². The van der Waals surface area contributed by atoms with Crippen LogP contribution in [0.5, 0.6) is 0 Å². The van der Waals surface area contributed by atoms with Gasteiger partial charge in [-0.1, -0.05) is 0 Å². The summed E-state index contributed by atoms with van der Waals surface area (Å²) in [6, 6.07) is 0. The summed E-state index contributed by atoms with van der Waals surface area (Å²) in [7, 11) is 0. The summed E-state index contributed by atoms with van der Waals surface area (Å²) in [6.07, 6.45) is 1.08. The first kappa shape index (κ1) is 9.57. The molecule has 2 atom stereocenters. The maximum Gasteiger partial charge on any atom is 0.370 e. The third kappa shape index (κ3) is 2.21. The van der Waals surface area contributed by atoms with Gasteiger partial charge in [-0.25, -0.2) is 4.79 Å². The van der Waals surface area contributed by atoms with Gasteiger partial charge in [-0.2, -0.15) is 0 Å². The molecule has 72 valence electrons. The molecule has 13 heavy (non-hydrogen) atoms. The van der Waals surface area contributed by atoms with E-state index in [1.165, 1.54) is 0 Å². The highest BCUT2D eigenvalue weighted by Crippen LogP contribution is 2.22. The smallest absolute Gasteiger partial charge is 0.370 e. The first-order valence-corrected chi connectivity index (χ1v) is 3.85. The van der Waals surface area contributed by atoms with Crippen LogP contribution in [0.15, 0.2) is 11.8 Å². The molecule has 5 heteroatoms. The largest absolute Gasteiger partial charge is 0.484 e. The standard InChI is InChI=1S/C8H10O5/c1-4-2-5(7(9)10)3-6(13-4)8(11)12/h3-5H,2H2,1H3,(H,9,10)(H,11,12). The second-order valence-corrected chi connectivity index (χ2v) is 2.94. The lowest BCUT2D eigenvalue weighted by molar-refractivity contribution is -0.143. The van der Waals surface area contributed by atoms with Gasteiger partial charge in [-0.15, -0.1) is 0 Å². The highest BCUT2D eigenvalue weighted by atomic mass is 16.5. The zero-order chi connectivity index (χ0) is 10.0. The number of hydrogen-bond acceptors (Lipinski definition) is 3. The van der Waals surface area contributed by atoms with Gasteiger partial charge in [-0.05, 0) is 13.0 Å². The van der Waals surface area contributed by atoms with Crippen molar-refractivity contribution in [2.45, 2.75) is 19.4 Å². The molecule has 2 N–H and O–H groups in total. The minimum Gasteiger partial charge on any atom is -0.484 e. The summed E-state index contributed by atoms with van der Waals surface area (Å²) in [4.78, 5) is 21.1. The summed E-state index contributed by atoms with van der Waals surface area (Å²) in [5.41, 5.74) is 0. The molecule has 0 radical (unpaired) electrons. The molecular formula is C8H10O5. The maximum absolute atomic E-state index is 10.6. The number of hydrogen-bond donors (Lipinski definition) is 2. The quantitative estimate of drug-likeness (QED) is 0.654. The number of carbonyl (C=O) groups is 2. The van der Waals surface area contributed by atoms with Crippen LogP contribution in [0.25, 0.3) is 0 Å². The van der Waals surface area contributed by atoms with Gasteiger partial charge in [-0.3, -0.25) is 4.79 Å². The van der Waals surface area contributed by atoms with Crippen molar-refractivity contribution in [2.75, 3.05) is 0 Å². The van der Waals surface area contributed by atoms with E-state index in [1.807, 2.05) is 0 Å². The minimum absolute atomic E-state index is 0.272. The van der Waals surface area contributed by atoms with E-state index in [0.29, 0.717) is 6.42 Å². The van der Waals surface area contributed by atoms with E-state index in [-0.39, 0.29) is 11.9 Å². The molecular weight excluding hydrogens is 176 g/mol. The van der Waals surface area contributed by atoms with Crippen molar-refractivity contribution < 1.29 is 24.5 Å². The van der Waals surface area contributed by atoms with Crippen LogP contribution in [0.3, 0.4) is 0 Å². The van der Waals surface area contributed by atoms with Gasteiger partial charge in [0.25, 0.3) is 0 Å². The SMILES string of the molecule is CC1CC(C(=O)O)C=C(C(=O)O)O1. The zero-order valence-corrected chi connectivity index (χ0v) is 7.06. The Kier molecular flexibility index (Phi) is 2.55. The summed E-state index contributed by atoms with van der Waals surface area (Å²) < 4.78 is 4.93. The predicted molar refractivity (Wildman–Crippen MR) is 42.0 cm³/mol. The highest BCUT2D eigenvalue weighted by molar-refractivity contribution is 5.86. The van der Waals surface area contributed by atoms with Crippen molar-refractivity contribution in [2.24, 2.45) is 5.92 Å². The first-order valence-electron chi connectivity index (χ1n) is 3.85. The van der Waals surface area contributed by atoms with Crippen molar-refractivity contribution in [3.8, 4) is 0 Å². The molecule has 1 aliphatic heterocycles. The van der Waals surface area contributed by atoms with Crippen molar-refractivity contribution in [1.29, 1.82) is 0 Å². The molecule has 0 saturated heterocycles. The average Bonchev–Trinajstić information content (AvgIpc) is 2.03. The van der Waals surface area contributed by atoms with Gasteiger partial charge in [0.05, 0.1) is 12.0 Å². The number of rotatable bonds is 2. The molecule has 1 heterocycles. The van der Waals surface area contributed by atoms with E-state index in [0.717, 1.165) is 6.08 Å². The molecule has 1 rings (SSSR count). The van der Waals surface area contributed by atoms with E-state index in [9.17, 15) is 9.59 Å². The number of carboxylic acid groups (broad SMARTS) is 2. The van der Waals surface area contributed by atoms with Gasteiger partial charge >= 0.3 is 11.9 Å². The molecule has 0 amide bonds. The Labute approximate surface area is 74.6 Å². The topological polar surface area (TPSA) is 83.8 Å². The Morgan fingerprint density at radius 1 is 1.54 bits per heavy atom. The van der Waals surface area contributed by atoms with E-state index in [2.05, 4.69) is 0 Å². The van der Waals surface area contributed by atoms with Crippen LogP contribution < -0.4 is 0 Å². The lowest BCUT2D eigenvalue weighted by atomic mass is 9.99. The first-order chi connectivity index (χ1) is 6.00. The maximum atomic E-state index is 10.6. The Morgan fingerprint density at radius 2 is 2.15 bits per heavy atom. The summed E-state index contributed by atoms with van der Waals surface area (Å²) in [6.45, 7) is 1.64. The molecule has 0 aromatic rings. The van der Waals surface area contributed by atoms with Crippen LogP contribution in [0.1, 0.15) is 13.3 Å². The number of ether oxygens (including phenoxy) is 1. The van der Waals surface area contributed by atoms with Crippen LogP contribution in [-0.2, 0) is 14.3 Å². The van der Waals surface area contributed by atoms with Crippen molar-refractivity contribution in [1.82, 2.24) is 0 Å². The van der Waals surface area contributed by atoms with Crippen LogP contribution in [0.4, 0.5) is 0 Å². The summed E-state index contributed by atoms with van der Waals surface area (Å²) >= 11 is 0. The zero-order valence-electron chi connectivity index (χ0n) is 7.06. The molecule has 5 nitrogen and oxygen atoms in total. The Bertz CT molecular complexity index is 268. The highest BCUT2D eigenvalue weighted by Gasteiger charge is 2.28. The molecule has 0 saturated carbocycles. The Morgan fingerprint density at radius 3 is 2.62 bits per heavy atom. The van der Waals surface area contributed by atoms with Crippen molar-refractivity contribution in [3.05, 3.63) is 11.8 Å². The fraction of sp³-hybridized carbons (Fsp3) is 0.500. The van der Waals surface area contributed by atoms with Gasteiger partial charge < -0.3 is 14.9 Å². The number of carboxylic acids is 2. The molecule has 0 aromatic heterocycles. The number of aliphatic carboxylic acids is 2. The third-order valence-corrected chi connectivity index (χ3v) is 1.79. The van der Waals surface area contributed by atoms with Crippen molar-refractivity contribution >= 4 is 11.9 Å². The predicted octanol–water partition coefficient (Wildman–Crippen LogP) is 0.465. The fourth-order valence-corrected chi connectivity index (χ4v) is 1.21. The molecule has 0 aromatic carbocycles. The van der Waals surface area contributed by atoms with Gasteiger partial charge in [0, 0.05) is 6.42 Å². The molecule has 0 bridgehead atoms. The lowest BCUT2D eigenvalue weighted by Crippen LogP contribution is -2.27. The van der Waals surface area contributed by atoms with Crippen LogP contribution >= 0.6 is 0 Å². The van der Waals surface area contributed by atoms with Gasteiger partial charge in [0.15, 0.2) is 0 Å². The minimum atomic E-state index is -1.22. The second-order valence-electron chi connectivity index (χ2n) is 2.94. The molecule has 0 aliphatic carbocycles. The van der Waals surface area contributed by atoms with Gasteiger partial charge in [0.2, 0.25) is 5.76 Å². The monoisotopic (exact) mass is 186 g/mol. The van der Waals surface area contributed by atoms with E-state index >= 15 is 0 Å². The van der Waals surface area contributed by atoms with E-state index in [4.69, 9.17) is 14.9 Å². The fourth-order valence-electron chi connectivity index (χ4n) is 1.21. The lowest BCUT2D eigenvalue weighted by Gasteiger charge is -2.22. The van der Waals surface area contributed by atoms with Crippen LogP contribution in [0, 0.1) is 5.92 Å². The third-order valence-electron chi connectivity index (χ3n) is 1.79.